The van der Waals surface area contributed by atoms with Crippen molar-refractivity contribution in [2.45, 2.75) is 51.6 Å². The lowest BCUT2D eigenvalue weighted by molar-refractivity contribution is 0.358. The molecule has 3 atom stereocenters. The molecule has 0 spiro atoms. The minimum absolute atomic E-state index is 0.411. The van der Waals surface area contributed by atoms with Crippen molar-refractivity contribution in [2.75, 3.05) is 0 Å². The molecule has 0 radical (unpaired) electrons. The zero-order valence-corrected chi connectivity index (χ0v) is 10.4. The summed E-state index contributed by atoms with van der Waals surface area (Å²) in [6, 6.07) is 1.13. The van der Waals surface area contributed by atoms with Gasteiger partial charge in [0.2, 0.25) is 0 Å². The summed E-state index contributed by atoms with van der Waals surface area (Å²) in [6.07, 6.45) is 5.44. The van der Waals surface area contributed by atoms with Crippen LogP contribution in [0.25, 0.3) is 0 Å². The second-order valence-electron chi connectivity index (χ2n) is 4.51. The highest BCUT2D eigenvalue weighted by Gasteiger charge is 2.27. The topological polar surface area (TPSA) is 24.9 Å². The summed E-state index contributed by atoms with van der Waals surface area (Å²) in [5.41, 5.74) is 3.11. The molecule has 0 aromatic carbocycles. The minimum Gasteiger partial charge on any atom is -0.306 e. The van der Waals surface area contributed by atoms with E-state index in [1.54, 1.807) is 11.3 Å². The van der Waals surface area contributed by atoms with Gasteiger partial charge in [-0.3, -0.25) is 0 Å². The fraction of sp³-hybridized carbons (Fsp3) is 0.750. The molecular weight excluding hydrogens is 204 g/mol. The van der Waals surface area contributed by atoms with E-state index in [0.29, 0.717) is 12.1 Å². The quantitative estimate of drug-likeness (QED) is 0.848. The van der Waals surface area contributed by atoms with Gasteiger partial charge in [0.25, 0.3) is 0 Å². The monoisotopic (exact) mass is 224 g/mol. The van der Waals surface area contributed by atoms with Crippen molar-refractivity contribution in [1.29, 1.82) is 0 Å². The molecule has 84 valence electrons. The molecule has 1 N–H and O–H groups in total. The van der Waals surface area contributed by atoms with E-state index in [4.69, 9.17) is 0 Å². The number of rotatable bonds is 4. The van der Waals surface area contributed by atoms with Crippen molar-refractivity contribution in [3.63, 3.8) is 0 Å². The minimum atomic E-state index is 0.411. The van der Waals surface area contributed by atoms with Crippen molar-refractivity contribution in [1.82, 2.24) is 10.3 Å². The largest absolute Gasteiger partial charge is 0.306 e. The van der Waals surface area contributed by atoms with E-state index in [0.717, 1.165) is 5.92 Å². The van der Waals surface area contributed by atoms with Gasteiger partial charge < -0.3 is 5.32 Å². The third-order valence-electron chi connectivity index (χ3n) is 3.54. The first kappa shape index (κ1) is 11.1. The first-order valence-corrected chi connectivity index (χ1v) is 6.89. The van der Waals surface area contributed by atoms with Gasteiger partial charge in [-0.2, -0.15) is 0 Å². The molecule has 2 rings (SSSR count). The van der Waals surface area contributed by atoms with E-state index < -0.39 is 0 Å². The van der Waals surface area contributed by atoms with Gasteiger partial charge in [-0.15, -0.1) is 11.3 Å². The Bertz CT molecular complexity index is 284. The van der Waals surface area contributed by atoms with Crippen molar-refractivity contribution in [2.24, 2.45) is 5.92 Å². The summed E-state index contributed by atoms with van der Waals surface area (Å²) >= 11 is 1.68. The molecule has 0 aliphatic heterocycles. The summed E-state index contributed by atoms with van der Waals surface area (Å²) in [5.74, 6) is 0.881. The molecule has 1 aliphatic rings. The Hall–Kier alpha value is -0.410. The molecule has 0 amide bonds. The van der Waals surface area contributed by atoms with E-state index in [9.17, 15) is 0 Å². The van der Waals surface area contributed by atoms with Crippen LogP contribution in [0.2, 0.25) is 0 Å². The van der Waals surface area contributed by atoms with Crippen LogP contribution in [-0.2, 0) is 0 Å². The molecule has 1 aliphatic carbocycles. The lowest BCUT2D eigenvalue weighted by Gasteiger charge is -2.23. The molecule has 1 aromatic heterocycles. The van der Waals surface area contributed by atoms with Gasteiger partial charge in [-0.25, -0.2) is 4.98 Å². The van der Waals surface area contributed by atoms with E-state index in [2.05, 4.69) is 29.5 Å². The highest BCUT2D eigenvalue weighted by molar-refractivity contribution is 7.07. The summed E-state index contributed by atoms with van der Waals surface area (Å²) in [4.78, 5) is 4.37. The molecule has 1 saturated carbocycles. The van der Waals surface area contributed by atoms with Gasteiger partial charge in [0.15, 0.2) is 0 Å². The van der Waals surface area contributed by atoms with E-state index >= 15 is 0 Å². The van der Waals surface area contributed by atoms with Crippen LogP contribution < -0.4 is 5.32 Å². The second-order valence-corrected chi connectivity index (χ2v) is 5.23. The summed E-state index contributed by atoms with van der Waals surface area (Å²) in [5, 5.41) is 5.87. The van der Waals surface area contributed by atoms with Crippen molar-refractivity contribution >= 4 is 11.3 Å². The Kier molecular flexibility index (Phi) is 3.76. The van der Waals surface area contributed by atoms with E-state index in [1.807, 2.05) is 5.51 Å². The molecule has 0 bridgehead atoms. The van der Waals surface area contributed by atoms with Crippen LogP contribution in [0.4, 0.5) is 0 Å². The molecular formula is C12H20N2S. The van der Waals surface area contributed by atoms with Crippen molar-refractivity contribution in [3.8, 4) is 0 Å². The predicted octanol–water partition coefficient (Wildman–Crippen LogP) is 3.37. The number of nitrogens with zero attached hydrogens (tertiary/aromatic N) is 1. The maximum absolute atomic E-state index is 4.37. The van der Waals surface area contributed by atoms with Gasteiger partial charge in [0.1, 0.15) is 0 Å². The molecule has 2 nitrogen and oxygen atoms in total. The molecule has 1 heterocycles. The maximum Gasteiger partial charge on any atom is 0.0795 e. The second kappa shape index (κ2) is 5.08. The Morgan fingerprint density at radius 1 is 1.60 bits per heavy atom. The van der Waals surface area contributed by atoms with Gasteiger partial charge >= 0.3 is 0 Å². The van der Waals surface area contributed by atoms with Crippen LogP contribution in [0.15, 0.2) is 10.9 Å². The summed E-state index contributed by atoms with van der Waals surface area (Å²) < 4.78 is 0. The number of hydrogen-bond acceptors (Lipinski definition) is 3. The third-order valence-corrected chi connectivity index (χ3v) is 4.15. The Morgan fingerprint density at radius 2 is 2.47 bits per heavy atom. The van der Waals surface area contributed by atoms with Crippen LogP contribution in [0.5, 0.6) is 0 Å². The third kappa shape index (κ3) is 2.58. The predicted molar refractivity (Wildman–Crippen MR) is 65.1 cm³/mol. The first-order valence-electron chi connectivity index (χ1n) is 5.95. The number of nitrogens with one attached hydrogen (secondary N) is 1. The highest BCUT2D eigenvalue weighted by atomic mass is 32.1. The molecule has 1 aromatic rings. The highest BCUT2D eigenvalue weighted by Crippen LogP contribution is 2.29. The van der Waals surface area contributed by atoms with Gasteiger partial charge in [0.05, 0.1) is 11.2 Å². The van der Waals surface area contributed by atoms with Crippen LogP contribution >= 0.6 is 11.3 Å². The standard InChI is InChI=1S/C12H20N2S/c1-3-10-5-4-6-11(10)14-9(2)12-7-15-8-13-12/h7-11,14H,3-6H2,1-2H3. The Labute approximate surface area is 96.1 Å². The lowest BCUT2D eigenvalue weighted by Crippen LogP contribution is -2.34. The zero-order chi connectivity index (χ0) is 10.7. The molecule has 15 heavy (non-hydrogen) atoms. The maximum atomic E-state index is 4.37. The van der Waals surface area contributed by atoms with Crippen LogP contribution in [-0.4, -0.2) is 11.0 Å². The van der Waals surface area contributed by atoms with Crippen LogP contribution in [0.3, 0.4) is 0 Å². The SMILES string of the molecule is CCC1CCCC1NC(C)c1cscn1. The fourth-order valence-electron chi connectivity index (χ4n) is 2.59. The normalized spacial score (nSPS) is 28.1. The summed E-state index contributed by atoms with van der Waals surface area (Å²) in [7, 11) is 0. The number of thiazole rings is 1. The fourth-order valence-corrected chi connectivity index (χ4v) is 3.23. The average molecular weight is 224 g/mol. The van der Waals surface area contributed by atoms with Crippen LogP contribution in [0.1, 0.15) is 51.3 Å². The molecule has 1 fully saturated rings. The van der Waals surface area contributed by atoms with Gasteiger partial charge in [-0.1, -0.05) is 19.8 Å². The Morgan fingerprint density at radius 3 is 3.13 bits per heavy atom. The molecule has 3 unspecified atom stereocenters. The van der Waals surface area contributed by atoms with Gasteiger partial charge in [0, 0.05) is 17.5 Å². The van der Waals surface area contributed by atoms with Crippen molar-refractivity contribution in [3.05, 3.63) is 16.6 Å². The zero-order valence-electron chi connectivity index (χ0n) is 9.57. The number of hydrogen-bond donors (Lipinski definition) is 1. The van der Waals surface area contributed by atoms with Crippen LogP contribution in [0, 0.1) is 5.92 Å². The summed E-state index contributed by atoms with van der Waals surface area (Å²) in [6.45, 7) is 4.53. The smallest absolute Gasteiger partial charge is 0.0795 e. The van der Waals surface area contributed by atoms with Crippen molar-refractivity contribution < 1.29 is 0 Å². The molecule has 3 heteroatoms. The van der Waals surface area contributed by atoms with E-state index in [-0.39, 0.29) is 0 Å². The first-order chi connectivity index (χ1) is 7.31. The van der Waals surface area contributed by atoms with E-state index in [1.165, 1.54) is 31.4 Å². The number of aromatic nitrogens is 1. The average Bonchev–Trinajstić information content (AvgIpc) is 2.87. The van der Waals surface area contributed by atoms with Gasteiger partial charge in [-0.05, 0) is 25.7 Å². The Balaban J connectivity index is 1.91. The lowest BCUT2D eigenvalue weighted by atomic mass is 10.00. The molecule has 0 saturated heterocycles.